The van der Waals surface area contributed by atoms with Crippen molar-refractivity contribution in [3.05, 3.63) is 51.6 Å². The number of nitrogens with zero attached hydrogens (tertiary/aromatic N) is 1. The second-order valence-electron chi connectivity index (χ2n) is 4.80. The average Bonchev–Trinajstić information content (AvgIpc) is 2.86. The van der Waals surface area contributed by atoms with Gasteiger partial charge in [-0.15, -0.1) is 0 Å². The first-order valence-corrected chi connectivity index (χ1v) is 6.39. The van der Waals surface area contributed by atoms with Gasteiger partial charge in [-0.25, -0.2) is 4.98 Å². The van der Waals surface area contributed by atoms with E-state index in [-0.39, 0.29) is 11.4 Å². The molecule has 1 aliphatic rings. The number of hydrogen-bond acceptors (Lipinski definition) is 5. The van der Waals surface area contributed by atoms with Gasteiger partial charge in [0.15, 0.2) is 11.9 Å². The quantitative estimate of drug-likeness (QED) is 0.763. The van der Waals surface area contributed by atoms with Crippen LogP contribution in [-0.4, -0.2) is 21.0 Å². The number of rotatable bonds is 3. The lowest BCUT2D eigenvalue weighted by Gasteiger charge is -2.11. The third-order valence-corrected chi connectivity index (χ3v) is 3.35. The Bertz CT molecular complexity index is 744. The SMILES string of the molecule is Nc1nc(C2Cc3ccccc3O2)[nH]c(=O)c1CC(=O)O. The van der Waals surface area contributed by atoms with Crippen molar-refractivity contribution in [2.75, 3.05) is 5.73 Å². The third kappa shape index (κ3) is 2.45. The van der Waals surface area contributed by atoms with E-state index in [1.807, 2.05) is 24.3 Å². The number of benzene rings is 1. The number of aliphatic carboxylic acids is 1. The molecule has 3 rings (SSSR count). The predicted octanol–water partition coefficient (Wildman–Crippen LogP) is 0.655. The number of carboxylic acid groups (broad SMARTS) is 1. The highest BCUT2D eigenvalue weighted by molar-refractivity contribution is 5.71. The number of carbonyl (C=O) groups is 1. The van der Waals surface area contributed by atoms with E-state index in [2.05, 4.69) is 9.97 Å². The molecular weight excluding hydrogens is 274 g/mol. The second kappa shape index (κ2) is 4.93. The fraction of sp³-hybridized carbons (Fsp3) is 0.214. The summed E-state index contributed by atoms with van der Waals surface area (Å²) in [7, 11) is 0. The van der Waals surface area contributed by atoms with Crippen molar-refractivity contribution in [2.24, 2.45) is 0 Å². The van der Waals surface area contributed by atoms with Crippen molar-refractivity contribution in [1.82, 2.24) is 9.97 Å². The molecule has 7 nitrogen and oxygen atoms in total. The van der Waals surface area contributed by atoms with Crippen LogP contribution in [0.2, 0.25) is 0 Å². The van der Waals surface area contributed by atoms with Gasteiger partial charge in [-0.2, -0.15) is 0 Å². The van der Waals surface area contributed by atoms with Crippen LogP contribution in [0.1, 0.15) is 23.1 Å². The maximum atomic E-state index is 11.9. The van der Waals surface area contributed by atoms with Crippen molar-refractivity contribution >= 4 is 11.8 Å². The molecule has 0 spiro atoms. The molecule has 0 saturated carbocycles. The van der Waals surface area contributed by atoms with Crippen LogP contribution in [-0.2, 0) is 17.6 Å². The Morgan fingerprint density at radius 3 is 2.90 bits per heavy atom. The van der Waals surface area contributed by atoms with Gasteiger partial charge in [0.25, 0.3) is 5.56 Å². The van der Waals surface area contributed by atoms with Crippen LogP contribution in [0.5, 0.6) is 5.75 Å². The molecule has 4 N–H and O–H groups in total. The number of carboxylic acids is 1. The molecule has 108 valence electrons. The van der Waals surface area contributed by atoms with E-state index in [4.69, 9.17) is 15.6 Å². The third-order valence-electron chi connectivity index (χ3n) is 3.35. The normalized spacial score (nSPS) is 16.3. The minimum atomic E-state index is -1.13. The molecule has 2 aromatic rings. The Kier molecular flexibility index (Phi) is 3.09. The molecule has 0 bridgehead atoms. The maximum Gasteiger partial charge on any atom is 0.308 e. The average molecular weight is 287 g/mol. The van der Waals surface area contributed by atoms with Crippen molar-refractivity contribution in [3.8, 4) is 5.75 Å². The van der Waals surface area contributed by atoms with Gasteiger partial charge in [0.1, 0.15) is 11.6 Å². The highest BCUT2D eigenvalue weighted by Crippen LogP contribution is 2.34. The van der Waals surface area contributed by atoms with E-state index in [1.54, 1.807) is 0 Å². The largest absolute Gasteiger partial charge is 0.482 e. The standard InChI is InChI=1S/C14H13N3O4/c15-12-8(6-11(18)19)14(20)17-13(16-12)10-5-7-3-1-2-4-9(7)21-10/h1-4,10H,5-6H2,(H,18,19)(H3,15,16,17,20). The summed E-state index contributed by atoms with van der Waals surface area (Å²) in [5, 5.41) is 8.75. The number of nitrogen functional groups attached to an aromatic ring is 1. The molecule has 1 aliphatic heterocycles. The summed E-state index contributed by atoms with van der Waals surface area (Å²) in [5.74, 6) is -0.150. The van der Waals surface area contributed by atoms with Gasteiger partial charge in [0, 0.05) is 6.42 Å². The molecule has 1 aromatic carbocycles. The number of hydrogen-bond donors (Lipinski definition) is 3. The minimum Gasteiger partial charge on any atom is -0.482 e. The lowest BCUT2D eigenvalue weighted by molar-refractivity contribution is -0.136. The van der Waals surface area contributed by atoms with E-state index in [1.165, 1.54) is 0 Å². The summed E-state index contributed by atoms with van der Waals surface area (Å²) in [6, 6.07) is 7.55. The number of ether oxygens (including phenoxy) is 1. The van der Waals surface area contributed by atoms with E-state index < -0.39 is 24.1 Å². The van der Waals surface area contributed by atoms with E-state index >= 15 is 0 Å². The Labute approximate surface area is 119 Å². The number of aromatic amines is 1. The number of nitrogens with two attached hydrogens (primary N) is 1. The molecule has 21 heavy (non-hydrogen) atoms. The molecule has 1 aromatic heterocycles. The van der Waals surface area contributed by atoms with Crippen LogP contribution < -0.4 is 16.0 Å². The molecule has 0 radical (unpaired) electrons. The molecule has 2 heterocycles. The summed E-state index contributed by atoms with van der Waals surface area (Å²) in [6.45, 7) is 0. The summed E-state index contributed by atoms with van der Waals surface area (Å²) < 4.78 is 5.72. The first-order valence-electron chi connectivity index (χ1n) is 6.39. The zero-order chi connectivity index (χ0) is 15.0. The Hall–Kier alpha value is -2.83. The predicted molar refractivity (Wildman–Crippen MR) is 74.1 cm³/mol. The Balaban J connectivity index is 1.92. The van der Waals surface area contributed by atoms with Gasteiger partial charge in [0.2, 0.25) is 0 Å². The van der Waals surface area contributed by atoms with Gasteiger partial charge in [-0.3, -0.25) is 9.59 Å². The molecule has 0 saturated heterocycles. The van der Waals surface area contributed by atoms with Crippen molar-refractivity contribution in [3.63, 3.8) is 0 Å². The monoisotopic (exact) mass is 287 g/mol. The summed E-state index contributed by atoms with van der Waals surface area (Å²) >= 11 is 0. The lowest BCUT2D eigenvalue weighted by atomic mass is 10.1. The van der Waals surface area contributed by atoms with Crippen molar-refractivity contribution in [1.29, 1.82) is 0 Å². The summed E-state index contributed by atoms with van der Waals surface area (Å²) in [5.41, 5.74) is 6.14. The first-order chi connectivity index (χ1) is 10.0. The van der Waals surface area contributed by atoms with Crippen LogP contribution in [0.3, 0.4) is 0 Å². The molecule has 7 heteroatoms. The Morgan fingerprint density at radius 1 is 1.48 bits per heavy atom. The van der Waals surface area contributed by atoms with E-state index in [0.29, 0.717) is 12.2 Å². The summed E-state index contributed by atoms with van der Waals surface area (Å²) in [6.07, 6.45) is -0.298. The summed E-state index contributed by atoms with van der Waals surface area (Å²) in [4.78, 5) is 29.3. The fourth-order valence-corrected chi connectivity index (χ4v) is 2.34. The van der Waals surface area contributed by atoms with E-state index in [9.17, 15) is 9.59 Å². The van der Waals surface area contributed by atoms with Crippen molar-refractivity contribution in [2.45, 2.75) is 18.9 Å². The molecule has 1 unspecified atom stereocenters. The van der Waals surface area contributed by atoms with Gasteiger partial charge in [-0.05, 0) is 11.6 Å². The number of anilines is 1. The van der Waals surface area contributed by atoms with E-state index in [0.717, 1.165) is 11.3 Å². The van der Waals surface area contributed by atoms with Crippen LogP contribution >= 0.6 is 0 Å². The molecular formula is C14H13N3O4. The van der Waals surface area contributed by atoms with Crippen LogP contribution in [0.4, 0.5) is 5.82 Å². The van der Waals surface area contributed by atoms with Gasteiger partial charge in [-0.1, -0.05) is 18.2 Å². The highest BCUT2D eigenvalue weighted by Gasteiger charge is 2.27. The smallest absolute Gasteiger partial charge is 0.308 e. The van der Waals surface area contributed by atoms with Gasteiger partial charge >= 0.3 is 5.97 Å². The molecule has 0 aliphatic carbocycles. The zero-order valence-corrected chi connectivity index (χ0v) is 11.0. The van der Waals surface area contributed by atoms with Gasteiger partial charge < -0.3 is 20.6 Å². The van der Waals surface area contributed by atoms with Gasteiger partial charge in [0.05, 0.1) is 12.0 Å². The maximum absolute atomic E-state index is 11.9. The Morgan fingerprint density at radius 2 is 2.24 bits per heavy atom. The first kappa shape index (κ1) is 13.2. The number of H-pyrrole nitrogens is 1. The number of para-hydroxylation sites is 1. The van der Waals surface area contributed by atoms with Crippen LogP contribution in [0, 0.1) is 0 Å². The number of aromatic nitrogens is 2. The number of nitrogens with one attached hydrogen (secondary N) is 1. The minimum absolute atomic E-state index is 0.0400. The second-order valence-corrected chi connectivity index (χ2v) is 4.80. The molecule has 0 amide bonds. The molecule has 1 atom stereocenters. The fourth-order valence-electron chi connectivity index (χ4n) is 2.34. The van der Waals surface area contributed by atoms with Crippen LogP contribution in [0.15, 0.2) is 29.1 Å². The van der Waals surface area contributed by atoms with Crippen LogP contribution in [0.25, 0.3) is 0 Å². The molecule has 0 fully saturated rings. The highest BCUT2D eigenvalue weighted by atomic mass is 16.5. The van der Waals surface area contributed by atoms with Crippen molar-refractivity contribution < 1.29 is 14.6 Å². The number of fused-ring (bicyclic) bond motifs is 1. The zero-order valence-electron chi connectivity index (χ0n) is 11.0. The lowest BCUT2D eigenvalue weighted by Crippen LogP contribution is -2.24. The topological polar surface area (TPSA) is 118 Å².